The highest BCUT2D eigenvalue weighted by Crippen LogP contribution is 2.14. The molecule has 0 saturated heterocycles. The van der Waals surface area contributed by atoms with Gasteiger partial charge in [-0.25, -0.2) is 9.18 Å². The smallest absolute Gasteiger partial charge is 0.407 e. The fourth-order valence-corrected chi connectivity index (χ4v) is 1.52. The molecule has 0 aliphatic rings. The van der Waals surface area contributed by atoms with Gasteiger partial charge >= 0.3 is 6.09 Å². The van der Waals surface area contributed by atoms with E-state index in [1.54, 1.807) is 0 Å². The standard InChI is InChI=1S/C11H17FN2O3/c1-7(13-11(15)16-5-4-12)6-10-8(2)14-17-9(10)3/h7H,4-6H2,1-3H3,(H,13,15). The Balaban J connectivity index is 2.44. The Kier molecular flexibility index (Phi) is 4.93. The molecule has 1 aromatic rings. The van der Waals surface area contributed by atoms with Crippen LogP contribution in [0, 0.1) is 13.8 Å². The number of nitrogens with zero attached hydrogens (tertiary/aromatic N) is 1. The third kappa shape index (κ3) is 4.05. The molecule has 0 aliphatic heterocycles. The van der Waals surface area contributed by atoms with E-state index in [1.165, 1.54) is 0 Å². The molecule has 1 amide bonds. The number of carbonyl (C=O) groups excluding carboxylic acids is 1. The Labute approximate surface area is 99.3 Å². The van der Waals surface area contributed by atoms with Crippen LogP contribution in [0.25, 0.3) is 0 Å². The van der Waals surface area contributed by atoms with Crippen molar-refractivity contribution >= 4 is 6.09 Å². The normalized spacial score (nSPS) is 12.2. The van der Waals surface area contributed by atoms with Crippen LogP contribution in [-0.2, 0) is 11.2 Å². The van der Waals surface area contributed by atoms with Crippen molar-refractivity contribution in [1.29, 1.82) is 0 Å². The van der Waals surface area contributed by atoms with Gasteiger partial charge in [0, 0.05) is 11.6 Å². The number of amides is 1. The van der Waals surface area contributed by atoms with E-state index in [2.05, 4.69) is 15.2 Å². The first-order valence-electron chi connectivity index (χ1n) is 5.45. The van der Waals surface area contributed by atoms with Crippen molar-refractivity contribution in [1.82, 2.24) is 10.5 Å². The number of nitrogens with one attached hydrogen (secondary N) is 1. The number of aromatic nitrogens is 1. The van der Waals surface area contributed by atoms with Gasteiger partial charge in [-0.05, 0) is 27.2 Å². The zero-order valence-electron chi connectivity index (χ0n) is 10.2. The molecule has 0 aromatic carbocycles. The van der Waals surface area contributed by atoms with Crippen LogP contribution in [0.3, 0.4) is 0 Å². The lowest BCUT2D eigenvalue weighted by atomic mass is 10.1. The molecule has 0 aliphatic carbocycles. The number of rotatable bonds is 5. The van der Waals surface area contributed by atoms with Gasteiger partial charge in [0.05, 0.1) is 5.69 Å². The highest BCUT2D eigenvalue weighted by Gasteiger charge is 2.14. The summed E-state index contributed by atoms with van der Waals surface area (Å²) in [5.74, 6) is 0.744. The Bertz CT molecular complexity index is 359. The quantitative estimate of drug-likeness (QED) is 0.859. The summed E-state index contributed by atoms with van der Waals surface area (Å²) in [6.07, 6.45) is -0.00628. The second-order valence-corrected chi connectivity index (χ2v) is 3.88. The first-order valence-corrected chi connectivity index (χ1v) is 5.45. The lowest BCUT2D eigenvalue weighted by Gasteiger charge is -2.13. The van der Waals surface area contributed by atoms with Crippen LogP contribution in [0.15, 0.2) is 4.52 Å². The van der Waals surface area contributed by atoms with Crippen LogP contribution in [0.1, 0.15) is 23.9 Å². The maximum atomic E-state index is 11.8. The van der Waals surface area contributed by atoms with Crippen molar-refractivity contribution in [3.63, 3.8) is 0 Å². The van der Waals surface area contributed by atoms with Crippen LogP contribution >= 0.6 is 0 Å². The third-order valence-electron chi connectivity index (χ3n) is 2.37. The molecule has 1 unspecified atom stereocenters. The van der Waals surface area contributed by atoms with E-state index in [1.807, 2.05) is 20.8 Å². The van der Waals surface area contributed by atoms with Crippen molar-refractivity contribution in [3.05, 3.63) is 17.0 Å². The molecule has 5 nitrogen and oxygen atoms in total. The first-order chi connectivity index (χ1) is 8.04. The Hall–Kier alpha value is -1.59. The van der Waals surface area contributed by atoms with Gasteiger partial charge in [0.1, 0.15) is 19.0 Å². The molecule has 1 aromatic heterocycles. The predicted octanol–water partition coefficient (Wildman–Crippen LogP) is 1.92. The molecule has 1 heterocycles. The summed E-state index contributed by atoms with van der Waals surface area (Å²) in [5.41, 5.74) is 1.79. The molecule has 0 fully saturated rings. The van der Waals surface area contributed by atoms with Gasteiger partial charge in [-0.3, -0.25) is 0 Å². The minimum Gasteiger partial charge on any atom is -0.447 e. The van der Waals surface area contributed by atoms with Gasteiger partial charge in [-0.15, -0.1) is 0 Å². The summed E-state index contributed by atoms with van der Waals surface area (Å²) < 4.78 is 21.4. The second-order valence-electron chi connectivity index (χ2n) is 3.88. The van der Waals surface area contributed by atoms with Crippen molar-refractivity contribution in [2.24, 2.45) is 0 Å². The Morgan fingerprint density at radius 1 is 1.59 bits per heavy atom. The molecule has 0 radical (unpaired) electrons. The maximum absolute atomic E-state index is 11.8. The molecular weight excluding hydrogens is 227 g/mol. The van der Waals surface area contributed by atoms with E-state index in [0.717, 1.165) is 17.0 Å². The molecule has 0 saturated carbocycles. The van der Waals surface area contributed by atoms with E-state index >= 15 is 0 Å². The summed E-state index contributed by atoms with van der Waals surface area (Å²) in [4.78, 5) is 11.2. The lowest BCUT2D eigenvalue weighted by Crippen LogP contribution is -2.35. The molecule has 1 atom stereocenters. The van der Waals surface area contributed by atoms with E-state index in [-0.39, 0.29) is 12.6 Å². The SMILES string of the molecule is Cc1noc(C)c1CC(C)NC(=O)OCCF. The second kappa shape index (κ2) is 6.22. The average Bonchev–Trinajstić information content (AvgIpc) is 2.58. The predicted molar refractivity (Wildman–Crippen MR) is 59.6 cm³/mol. The zero-order chi connectivity index (χ0) is 12.8. The van der Waals surface area contributed by atoms with Gasteiger partial charge in [0.2, 0.25) is 0 Å². The minimum absolute atomic E-state index is 0.126. The molecular formula is C11H17FN2O3. The van der Waals surface area contributed by atoms with Crippen LogP contribution < -0.4 is 5.32 Å². The number of hydrogen-bond donors (Lipinski definition) is 1. The topological polar surface area (TPSA) is 64.4 Å². The summed E-state index contributed by atoms with van der Waals surface area (Å²) >= 11 is 0. The largest absolute Gasteiger partial charge is 0.447 e. The molecule has 6 heteroatoms. The van der Waals surface area contributed by atoms with Gasteiger partial charge in [-0.2, -0.15) is 0 Å². The van der Waals surface area contributed by atoms with E-state index in [4.69, 9.17) is 4.52 Å². The fraction of sp³-hybridized carbons (Fsp3) is 0.636. The monoisotopic (exact) mass is 244 g/mol. The number of ether oxygens (including phenoxy) is 1. The number of alkyl halides is 1. The van der Waals surface area contributed by atoms with E-state index < -0.39 is 12.8 Å². The summed E-state index contributed by atoms with van der Waals surface area (Å²) in [6.45, 7) is 4.61. The highest BCUT2D eigenvalue weighted by atomic mass is 19.1. The lowest BCUT2D eigenvalue weighted by molar-refractivity contribution is 0.134. The van der Waals surface area contributed by atoms with E-state index in [0.29, 0.717) is 6.42 Å². The van der Waals surface area contributed by atoms with Crippen LogP contribution in [0.2, 0.25) is 0 Å². The number of carbonyl (C=O) groups is 1. The van der Waals surface area contributed by atoms with Crippen LogP contribution in [-0.4, -0.2) is 30.6 Å². The molecule has 1 rings (SSSR count). The summed E-state index contributed by atoms with van der Waals surface area (Å²) in [7, 11) is 0. The molecule has 0 spiro atoms. The van der Waals surface area contributed by atoms with Gasteiger partial charge in [0.25, 0.3) is 0 Å². The van der Waals surface area contributed by atoms with Crippen LogP contribution in [0.4, 0.5) is 9.18 Å². The van der Waals surface area contributed by atoms with E-state index in [9.17, 15) is 9.18 Å². The van der Waals surface area contributed by atoms with Crippen LogP contribution in [0.5, 0.6) is 0 Å². The fourth-order valence-electron chi connectivity index (χ4n) is 1.52. The van der Waals surface area contributed by atoms with Gasteiger partial charge < -0.3 is 14.6 Å². The number of halogens is 1. The number of hydrogen-bond acceptors (Lipinski definition) is 4. The molecule has 17 heavy (non-hydrogen) atoms. The van der Waals surface area contributed by atoms with Crippen molar-refractivity contribution in [2.45, 2.75) is 33.2 Å². The van der Waals surface area contributed by atoms with Crippen molar-refractivity contribution in [2.75, 3.05) is 13.3 Å². The Morgan fingerprint density at radius 3 is 2.82 bits per heavy atom. The third-order valence-corrected chi connectivity index (χ3v) is 2.37. The zero-order valence-corrected chi connectivity index (χ0v) is 10.2. The highest BCUT2D eigenvalue weighted by molar-refractivity contribution is 5.67. The summed E-state index contributed by atoms with van der Waals surface area (Å²) in [6, 6.07) is -0.126. The summed E-state index contributed by atoms with van der Waals surface area (Å²) in [5, 5.41) is 6.44. The van der Waals surface area contributed by atoms with Gasteiger partial charge in [-0.1, -0.05) is 5.16 Å². The minimum atomic E-state index is -0.675. The molecule has 96 valence electrons. The molecule has 0 bridgehead atoms. The van der Waals surface area contributed by atoms with Crippen molar-refractivity contribution < 1.29 is 18.4 Å². The Morgan fingerprint density at radius 2 is 2.29 bits per heavy atom. The molecule has 1 N–H and O–H groups in total. The van der Waals surface area contributed by atoms with Gasteiger partial charge in [0.15, 0.2) is 0 Å². The maximum Gasteiger partial charge on any atom is 0.407 e. The number of aryl methyl sites for hydroxylation is 2. The average molecular weight is 244 g/mol. The number of alkyl carbamates (subject to hydrolysis) is 1. The first kappa shape index (κ1) is 13.5. The van der Waals surface area contributed by atoms with Crippen molar-refractivity contribution in [3.8, 4) is 0 Å².